The van der Waals surface area contributed by atoms with E-state index in [1.54, 1.807) is 21.3 Å². The van der Waals surface area contributed by atoms with Crippen LogP contribution in [0.5, 0.6) is 11.5 Å². The number of benzene rings is 3. The molecule has 1 unspecified atom stereocenters. The lowest BCUT2D eigenvalue weighted by Crippen LogP contribution is -2.43. The highest BCUT2D eigenvalue weighted by Gasteiger charge is 2.51. The summed E-state index contributed by atoms with van der Waals surface area (Å²) in [5, 5.41) is 0. The van der Waals surface area contributed by atoms with Crippen LogP contribution in [0.1, 0.15) is 50.6 Å². The van der Waals surface area contributed by atoms with Gasteiger partial charge in [-0.3, -0.25) is 14.3 Å². The van der Waals surface area contributed by atoms with E-state index in [4.69, 9.17) is 32.7 Å². The Hall–Kier alpha value is -3.87. The van der Waals surface area contributed by atoms with Crippen molar-refractivity contribution in [2.75, 3.05) is 35.0 Å². The van der Waals surface area contributed by atoms with E-state index in [1.165, 1.54) is 23.9 Å². The molecule has 3 aromatic carbocycles. The van der Waals surface area contributed by atoms with Crippen LogP contribution in [-0.2, 0) is 28.9 Å². The second-order valence-electron chi connectivity index (χ2n) is 12.7. The van der Waals surface area contributed by atoms with Gasteiger partial charge in [0, 0.05) is 38.6 Å². The summed E-state index contributed by atoms with van der Waals surface area (Å²) in [6.07, 6.45) is -1.86. The first-order chi connectivity index (χ1) is 24.6. The molecule has 1 aliphatic rings. The van der Waals surface area contributed by atoms with E-state index in [1.807, 2.05) is 78.9 Å². The molecule has 13 heteroatoms. The van der Waals surface area contributed by atoms with Gasteiger partial charge in [0.15, 0.2) is 6.23 Å². The largest absolute Gasteiger partial charge is 0.497 e. The summed E-state index contributed by atoms with van der Waals surface area (Å²) >= 11 is 0. The minimum Gasteiger partial charge on any atom is -0.497 e. The highest BCUT2D eigenvalue weighted by molar-refractivity contribution is 7.44. The first-order valence-electron chi connectivity index (χ1n) is 16.8. The molecule has 1 aromatic heterocycles. The molecule has 5 rings (SSSR count). The van der Waals surface area contributed by atoms with E-state index in [0.29, 0.717) is 11.5 Å². The molecule has 12 nitrogen and oxygen atoms in total. The zero-order chi connectivity index (χ0) is 36.7. The molecule has 4 aromatic rings. The van der Waals surface area contributed by atoms with Crippen LogP contribution in [0.15, 0.2) is 101 Å². The Kier molecular flexibility index (Phi) is 12.9. The first kappa shape index (κ1) is 38.4. The molecule has 51 heavy (non-hydrogen) atoms. The fraction of sp³-hybridized carbons (Fsp3) is 0.421. The van der Waals surface area contributed by atoms with Gasteiger partial charge in [-0.05, 0) is 68.7 Å². The highest BCUT2D eigenvalue weighted by atomic mass is 31.2. The summed E-state index contributed by atoms with van der Waals surface area (Å²) in [5.74, 6) is 1.40. The number of aromatic amines is 1. The van der Waals surface area contributed by atoms with Crippen molar-refractivity contribution >= 4 is 8.53 Å². The molecule has 1 fully saturated rings. The van der Waals surface area contributed by atoms with Gasteiger partial charge in [0.25, 0.3) is 14.1 Å². The number of H-pyrrole nitrogens is 1. The molecule has 1 aliphatic heterocycles. The van der Waals surface area contributed by atoms with Crippen LogP contribution >= 0.6 is 8.53 Å². The van der Waals surface area contributed by atoms with Crippen molar-refractivity contribution in [2.24, 2.45) is 0 Å². The normalized spacial score (nSPS) is 19.9. The number of methoxy groups -OCH3 is 3. The predicted octanol–water partition coefficient (Wildman–Crippen LogP) is 5.85. The number of rotatable bonds is 16. The Bertz CT molecular complexity index is 1740. The van der Waals surface area contributed by atoms with Crippen molar-refractivity contribution in [1.29, 1.82) is 0 Å². The fourth-order valence-corrected chi connectivity index (χ4v) is 8.22. The summed E-state index contributed by atoms with van der Waals surface area (Å²) in [6.45, 7) is 8.33. The maximum atomic E-state index is 13.1. The molecule has 2 heterocycles. The van der Waals surface area contributed by atoms with E-state index in [9.17, 15) is 9.59 Å². The number of aromatic nitrogens is 2. The molecule has 1 N–H and O–H groups in total. The number of nitrogens with zero attached hydrogens (tertiary/aromatic N) is 2. The molecule has 0 amide bonds. The van der Waals surface area contributed by atoms with Crippen molar-refractivity contribution in [3.05, 3.63) is 129 Å². The van der Waals surface area contributed by atoms with Crippen LogP contribution in [-0.4, -0.2) is 79.7 Å². The Morgan fingerprint density at radius 3 is 1.80 bits per heavy atom. The minimum absolute atomic E-state index is 0.00231. The Labute approximate surface area is 300 Å². The van der Waals surface area contributed by atoms with Gasteiger partial charge in [-0.15, -0.1) is 0 Å². The van der Waals surface area contributed by atoms with E-state index in [-0.39, 0.29) is 18.7 Å². The van der Waals surface area contributed by atoms with Gasteiger partial charge < -0.3 is 32.7 Å². The van der Waals surface area contributed by atoms with Crippen LogP contribution in [0.3, 0.4) is 0 Å². The lowest BCUT2D eigenvalue weighted by molar-refractivity contribution is -0.0957. The van der Waals surface area contributed by atoms with Gasteiger partial charge in [0.05, 0.1) is 20.8 Å². The standard InChI is InChI=1S/C38H48N3O9P/c1-25(2)41(26(3)4)51(47-8)50-34-32(49-36(35(34)46-7)40-23-22-33(42)39-37(40)43)24-48-38(27-12-10-9-11-13-27,28-14-18-30(44-5)19-15-28)29-16-20-31(45-6)21-17-29/h9-23,25-26,32,34-36H,24H2,1-8H3,(H,39,42,43)/t32-,34-,35-,36-,51?/m1/s1. The lowest BCUT2D eigenvalue weighted by Gasteiger charge is -2.39. The monoisotopic (exact) mass is 721 g/mol. The van der Waals surface area contributed by atoms with Gasteiger partial charge in [-0.1, -0.05) is 54.6 Å². The topological polar surface area (TPSA) is 123 Å². The lowest BCUT2D eigenvalue weighted by atomic mass is 9.80. The smallest absolute Gasteiger partial charge is 0.330 e. The first-order valence-corrected chi connectivity index (χ1v) is 18.0. The van der Waals surface area contributed by atoms with Crippen molar-refractivity contribution in [3.63, 3.8) is 0 Å². The quantitative estimate of drug-likeness (QED) is 0.111. The van der Waals surface area contributed by atoms with E-state index < -0.39 is 49.9 Å². The van der Waals surface area contributed by atoms with Crippen molar-refractivity contribution in [2.45, 2.75) is 69.9 Å². The maximum Gasteiger partial charge on any atom is 0.330 e. The third-order valence-corrected chi connectivity index (χ3v) is 11.0. The summed E-state index contributed by atoms with van der Waals surface area (Å²) in [7, 11) is 4.80. The summed E-state index contributed by atoms with van der Waals surface area (Å²) < 4.78 is 47.2. The van der Waals surface area contributed by atoms with Gasteiger partial charge in [0.1, 0.15) is 35.4 Å². The van der Waals surface area contributed by atoms with Crippen molar-refractivity contribution in [3.8, 4) is 11.5 Å². The second kappa shape index (κ2) is 17.1. The van der Waals surface area contributed by atoms with Gasteiger partial charge in [-0.25, -0.2) is 9.46 Å². The van der Waals surface area contributed by atoms with Crippen LogP contribution in [0.4, 0.5) is 0 Å². The summed E-state index contributed by atoms with van der Waals surface area (Å²) in [4.78, 5) is 27.4. The Balaban J connectivity index is 1.64. The molecule has 0 aliphatic carbocycles. The Morgan fingerprint density at radius 2 is 1.33 bits per heavy atom. The summed E-state index contributed by atoms with van der Waals surface area (Å²) in [6, 6.07) is 26.9. The molecule has 0 spiro atoms. The molecule has 0 radical (unpaired) electrons. The SMILES string of the molecule is COc1ccc(C(OC[C@H]2O[C@@H](n3ccc(=O)[nH]c3=O)[C@H](OC)[C@@H]2OP(OC)N(C(C)C)C(C)C)(c2ccccc2)c2ccc(OC)cc2)cc1. The van der Waals surface area contributed by atoms with Gasteiger partial charge in [0.2, 0.25) is 0 Å². The molecule has 5 atom stereocenters. The van der Waals surface area contributed by atoms with Gasteiger partial charge >= 0.3 is 5.69 Å². The van der Waals surface area contributed by atoms with Gasteiger partial charge in [-0.2, -0.15) is 0 Å². The minimum atomic E-state index is -1.61. The fourth-order valence-electron chi connectivity index (χ4n) is 6.62. The van der Waals surface area contributed by atoms with Crippen LogP contribution in [0.2, 0.25) is 0 Å². The molecular weight excluding hydrogens is 673 g/mol. The average Bonchev–Trinajstić information content (AvgIpc) is 3.48. The maximum absolute atomic E-state index is 13.1. The van der Waals surface area contributed by atoms with Crippen LogP contribution in [0, 0.1) is 0 Å². The number of hydrogen-bond donors (Lipinski definition) is 1. The zero-order valence-electron chi connectivity index (χ0n) is 30.3. The Morgan fingerprint density at radius 1 is 0.784 bits per heavy atom. The molecular formula is C38H48N3O9P. The van der Waals surface area contributed by atoms with Crippen LogP contribution < -0.4 is 20.7 Å². The average molecular weight is 722 g/mol. The third-order valence-electron chi connectivity index (χ3n) is 8.94. The van der Waals surface area contributed by atoms with Crippen molar-refractivity contribution < 1.29 is 32.7 Å². The molecule has 0 bridgehead atoms. The number of hydrogen-bond acceptors (Lipinski definition) is 10. The number of ether oxygens (including phenoxy) is 5. The molecule has 274 valence electrons. The zero-order valence-corrected chi connectivity index (χ0v) is 31.2. The van der Waals surface area contributed by atoms with E-state index in [0.717, 1.165) is 16.7 Å². The molecule has 1 saturated heterocycles. The third kappa shape index (κ3) is 8.13. The molecule has 0 saturated carbocycles. The van der Waals surface area contributed by atoms with Crippen LogP contribution in [0.25, 0.3) is 0 Å². The van der Waals surface area contributed by atoms with E-state index >= 15 is 0 Å². The van der Waals surface area contributed by atoms with E-state index in [2.05, 4.69) is 37.3 Å². The summed E-state index contributed by atoms with van der Waals surface area (Å²) in [5.41, 5.74) is 0.266. The highest BCUT2D eigenvalue weighted by Crippen LogP contribution is 2.50. The van der Waals surface area contributed by atoms with Crippen molar-refractivity contribution in [1.82, 2.24) is 14.2 Å². The predicted molar refractivity (Wildman–Crippen MR) is 195 cm³/mol. The second-order valence-corrected chi connectivity index (χ2v) is 14.2. The number of nitrogens with one attached hydrogen (secondary N) is 1.